The number of hydrogen-bond donors (Lipinski definition) is 1. The second-order valence-electron chi connectivity index (χ2n) is 3.11. The van der Waals surface area contributed by atoms with E-state index in [-0.39, 0.29) is 13.2 Å². The molecule has 0 unspecified atom stereocenters. The van der Waals surface area contributed by atoms with Crippen molar-refractivity contribution in [3.05, 3.63) is 0 Å². The average Bonchev–Trinajstić information content (AvgIpc) is 2.17. The summed E-state index contributed by atoms with van der Waals surface area (Å²) in [6.07, 6.45) is -1.09. The molecule has 1 N–H and O–H groups in total. The number of nitriles is 1. The maximum Gasteiger partial charge on any atom is 0.309 e. The molecule has 0 aromatic carbocycles. The summed E-state index contributed by atoms with van der Waals surface area (Å²) in [6, 6.07) is 1.51. The highest BCUT2D eigenvalue weighted by Gasteiger charge is 2.34. The lowest BCUT2D eigenvalue weighted by molar-refractivity contribution is -0.151. The SMILES string of the molecule is CCOC(=O)CC(O)(C#N)CC(=O)OCC. The third-order valence-electron chi connectivity index (χ3n) is 1.69. The number of aliphatic hydroxyl groups is 1. The maximum absolute atomic E-state index is 11.1. The van der Waals surface area contributed by atoms with Crippen molar-refractivity contribution in [3.8, 4) is 6.07 Å². The van der Waals surface area contributed by atoms with E-state index in [0.717, 1.165) is 0 Å². The number of carbonyl (C=O) groups excluding carboxylic acids is 2. The van der Waals surface area contributed by atoms with Crippen LogP contribution in [0.2, 0.25) is 0 Å². The smallest absolute Gasteiger partial charge is 0.309 e. The van der Waals surface area contributed by atoms with Crippen LogP contribution < -0.4 is 0 Å². The van der Waals surface area contributed by atoms with Crippen LogP contribution in [0.15, 0.2) is 0 Å². The molecule has 0 aliphatic carbocycles. The standard InChI is InChI=1S/C10H15NO5/c1-3-15-8(12)5-10(14,7-11)6-9(13)16-4-2/h14H,3-6H2,1-2H3. The van der Waals surface area contributed by atoms with Crippen molar-refractivity contribution < 1.29 is 24.2 Å². The highest BCUT2D eigenvalue weighted by Crippen LogP contribution is 2.16. The summed E-state index contributed by atoms with van der Waals surface area (Å²) < 4.78 is 9.16. The Morgan fingerprint density at radius 1 is 1.19 bits per heavy atom. The van der Waals surface area contributed by atoms with Gasteiger partial charge in [-0.25, -0.2) is 0 Å². The molecule has 6 nitrogen and oxygen atoms in total. The monoisotopic (exact) mass is 229 g/mol. The van der Waals surface area contributed by atoms with Crippen LogP contribution in [0.1, 0.15) is 26.7 Å². The highest BCUT2D eigenvalue weighted by molar-refractivity contribution is 5.76. The van der Waals surface area contributed by atoms with E-state index in [1.165, 1.54) is 6.07 Å². The van der Waals surface area contributed by atoms with E-state index < -0.39 is 30.4 Å². The van der Waals surface area contributed by atoms with Gasteiger partial charge in [0.25, 0.3) is 0 Å². The van der Waals surface area contributed by atoms with E-state index in [4.69, 9.17) is 5.26 Å². The molecular formula is C10H15NO5. The fourth-order valence-corrected chi connectivity index (χ4v) is 1.04. The van der Waals surface area contributed by atoms with E-state index in [2.05, 4.69) is 9.47 Å². The third kappa shape index (κ3) is 5.32. The minimum absolute atomic E-state index is 0.153. The fourth-order valence-electron chi connectivity index (χ4n) is 1.04. The van der Waals surface area contributed by atoms with Gasteiger partial charge in [0, 0.05) is 0 Å². The molecule has 0 radical (unpaired) electrons. The van der Waals surface area contributed by atoms with Gasteiger partial charge in [0.2, 0.25) is 0 Å². The van der Waals surface area contributed by atoms with Gasteiger partial charge in [0.1, 0.15) is 0 Å². The molecular weight excluding hydrogens is 214 g/mol. The minimum atomic E-state index is -2.06. The predicted molar refractivity (Wildman–Crippen MR) is 53.1 cm³/mol. The van der Waals surface area contributed by atoms with Gasteiger partial charge < -0.3 is 14.6 Å². The first-order valence-corrected chi connectivity index (χ1v) is 4.92. The van der Waals surface area contributed by atoms with Crippen molar-refractivity contribution >= 4 is 11.9 Å². The van der Waals surface area contributed by atoms with Crippen LogP contribution in [-0.4, -0.2) is 35.9 Å². The molecule has 0 amide bonds. The lowest BCUT2D eigenvalue weighted by Crippen LogP contribution is -2.34. The summed E-state index contributed by atoms with van der Waals surface area (Å²) in [5, 5.41) is 18.4. The average molecular weight is 229 g/mol. The molecule has 0 bridgehead atoms. The van der Waals surface area contributed by atoms with Gasteiger partial charge in [0.15, 0.2) is 5.60 Å². The molecule has 0 spiro atoms. The normalized spacial score (nSPS) is 10.4. The Labute approximate surface area is 93.8 Å². The molecule has 0 saturated carbocycles. The van der Waals surface area contributed by atoms with Gasteiger partial charge in [-0.15, -0.1) is 0 Å². The van der Waals surface area contributed by atoms with Crippen LogP contribution in [0, 0.1) is 11.3 Å². The van der Waals surface area contributed by atoms with Gasteiger partial charge in [-0.1, -0.05) is 0 Å². The summed E-state index contributed by atoms with van der Waals surface area (Å²) >= 11 is 0. The second kappa shape index (κ2) is 6.80. The summed E-state index contributed by atoms with van der Waals surface area (Å²) in [6.45, 7) is 3.52. The highest BCUT2D eigenvalue weighted by atomic mass is 16.5. The van der Waals surface area contributed by atoms with Gasteiger partial charge in [0.05, 0.1) is 32.1 Å². The Bertz CT molecular complexity index is 274. The number of rotatable bonds is 6. The zero-order valence-electron chi connectivity index (χ0n) is 9.36. The van der Waals surface area contributed by atoms with Gasteiger partial charge in [-0.3, -0.25) is 9.59 Å². The van der Waals surface area contributed by atoms with Crippen LogP contribution in [0.5, 0.6) is 0 Å². The molecule has 0 rings (SSSR count). The molecule has 0 aromatic heterocycles. The lowest BCUT2D eigenvalue weighted by Gasteiger charge is -2.17. The van der Waals surface area contributed by atoms with Crippen LogP contribution in [0.4, 0.5) is 0 Å². The lowest BCUT2D eigenvalue weighted by atomic mass is 9.98. The van der Waals surface area contributed by atoms with Crippen LogP contribution in [0.25, 0.3) is 0 Å². The summed E-state index contributed by atoms with van der Waals surface area (Å²) in [5.74, 6) is -1.45. The minimum Gasteiger partial charge on any atom is -0.466 e. The van der Waals surface area contributed by atoms with Crippen molar-refractivity contribution in [2.45, 2.75) is 32.3 Å². The molecule has 0 heterocycles. The van der Waals surface area contributed by atoms with E-state index in [0.29, 0.717) is 0 Å². The summed E-state index contributed by atoms with van der Waals surface area (Å²) in [5.41, 5.74) is -2.06. The Balaban J connectivity index is 4.37. The molecule has 6 heteroatoms. The molecule has 0 aliphatic heterocycles. The van der Waals surface area contributed by atoms with E-state index in [1.807, 2.05) is 0 Å². The van der Waals surface area contributed by atoms with E-state index in [9.17, 15) is 14.7 Å². The molecule has 0 atom stereocenters. The van der Waals surface area contributed by atoms with Crippen LogP contribution in [-0.2, 0) is 19.1 Å². The molecule has 0 aromatic rings. The van der Waals surface area contributed by atoms with Gasteiger partial charge in [-0.2, -0.15) is 5.26 Å². The first-order valence-electron chi connectivity index (χ1n) is 4.92. The topological polar surface area (TPSA) is 96.6 Å². The number of hydrogen-bond acceptors (Lipinski definition) is 6. The fraction of sp³-hybridized carbons (Fsp3) is 0.700. The van der Waals surface area contributed by atoms with Gasteiger partial charge in [-0.05, 0) is 13.8 Å². The number of esters is 2. The third-order valence-corrected chi connectivity index (χ3v) is 1.69. The van der Waals surface area contributed by atoms with Crippen molar-refractivity contribution in [2.75, 3.05) is 13.2 Å². The van der Waals surface area contributed by atoms with Crippen molar-refractivity contribution in [2.24, 2.45) is 0 Å². The number of nitrogens with zero attached hydrogens (tertiary/aromatic N) is 1. The van der Waals surface area contributed by atoms with Crippen LogP contribution in [0.3, 0.4) is 0 Å². The Morgan fingerprint density at radius 3 is 1.81 bits per heavy atom. The van der Waals surface area contributed by atoms with Crippen molar-refractivity contribution in [1.29, 1.82) is 5.26 Å². The Morgan fingerprint density at radius 2 is 1.56 bits per heavy atom. The van der Waals surface area contributed by atoms with Crippen molar-refractivity contribution in [1.82, 2.24) is 0 Å². The van der Waals surface area contributed by atoms with Gasteiger partial charge >= 0.3 is 11.9 Å². The summed E-state index contributed by atoms with van der Waals surface area (Å²) in [4.78, 5) is 22.1. The number of ether oxygens (including phenoxy) is 2. The molecule has 0 saturated heterocycles. The largest absolute Gasteiger partial charge is 0.466 e. The maximum atomic E-state index is 11.1. The first-order chi connectivity index (χ1) is 7.47. The van der Waals surface area contributed by atoms with Crippen LogP contribution >= 0.6 is 0 Å². The Kier molecular flexibility index (Phi) is 6.11. The quantitative estimate of drug-likeness (QED) is 0.514. The molecule has 0 fully saturated rings. The molecule has 16 heavy (non-hydrogen) atoms. The summed E-state index contributed by atoms with van der Waals surface area (Å²) in [7, 11) is 0. The van der Waals surface area contributed by atoms with Crippen molar-refractivity contribution in [3.63, 3.8) is 0 Å². The molecule has 0 aliphatic rings. The first kappa shape index (κ1) is 14.4. The zero-order valence-corrected chi connectivity index (χ0v) is 9.36. The zero-order chi connectivity index (χ0) is 12.6. The predicted octanol–water partition coefficient (Wildman–Crippen LogP) is 0.147. The molecule has 90 valence electrons. The second-order valence-corrected chi connectivity index (χ2v) is 3.11. The number of carbonyl (C=O) groups is 2. The van der Waals surface area contributed by atoms with E-state index in [1.54, 1.807) is 13.8 Å². The van der Waals surface area contributed by atoms with E-state index >= 15 is 0 Å². The Hall–Kier alpha value is -1.61.